The van der Waals surface area contributed by atoms with Crippen LogP contribution in [0, 0.1) is 11.6 Å². The molecule has 3 rings (SSSR count). The predicted molar refractivity (Wildman–Crippen MR) is 99.7 cm³/mol. The molecule has 0 aromatic carbocycles. The lowest BCUT2D eigenvalue weighted by Gasteiger charge is -2.10. The number of hydrogen-bond acceptors (Lipinski definition) is 6. The van der Waals surface area contributed by atoms with E-state index in [-0.39, 0.29) is 36.0 Å². The highest BCUT2D eigenvalue weighted by atomic mass is 19.1. The first kappa shape index (κ1) is 18.8. The molecule has 10 heteroatoms. The molecule has 3 N–H and O–H groups in total. The van der Waals surface area contributed by atoms with Gasteiger partial charge in [0, 0.05) is 7.49 Å². The van der Waals surface area contributed by atoms with Gasteiger partial charge in [-0.15, -0.1) is 0 Å². The summed E-state index contributed by atoms with van der Waals surface area (Å²) in [5, 5.41) is 2.50. The third-order valence-electron chi connectivity index (χ3n) is 3.25. The molecule has 0 aliphatic carbocycles. The molecular weight excluding hydrogens is 370 g/mol. The number of amides is 1. The fourth-order valence-corrected chi connectivity index (χ4v) is 2.14. The van der Waals surface area contributed by atoms with E-state index in [0.717, 1.165) is 24.5 Å². The first-order valence-electron chi connectivity index (χ1n) is 7.93. The predicted octanol–water partition coefficient (Wildman–Crippen LogP) is 3.45. The maximum Gasteiger partial charge on any atom is 0.260 e. The van der Waals surface area contributed by atoms with Crippen molar-refractivity contribution in [3.63, 3.8) is 0 Å². The lowest BCUT2D eigenvalue weighted by atomic mass is 10.2. The molecule has 0 unspecified atom stereocenters. The average Bonchev–Trinajstić information content (AvgIpc) is 2.64. The van der Waals surface area contributed by atoms with Gasteiger partial charge in [-0.05, 0) is 25.1 Å². The number of ether oxygens (including phenoxy) is 1. The second-order valence-electron chi connectivity index (χ2n) is 5.55. The number of rotatable bonds is 5. The Bertz CT molecular complexity index is 1040. The number of pyridine rings is 3. The van der Waals surface area contributed by atoms with Gasteiger partial charge in [0.1, 0.15) is 29.0 Å². The molecule has 144 valence electrons. The van der Waals surface area contributed by atoms with Crippen LogP contribution in [0.1, 0.15) is 18.7 Å². The molecule has 0 saturated carbocycles. The number of carbonyl (C=O) groups is 1. The summed E-state index contributed by atoms with van der Waals surface area (Å²) in [7, 11) is 0. The van der Waals surface area contributed by atoms with Crippen LogP contribution in [0.4, 0.5) is 20.4 Å². The number of anilines is 1. The number of amidine groups is 1. The van der Waals surface area contributed by atoms with E-state index >= 15 is 0 Å². The quantitative estimate of drug-likeness (QED) is 0.513. The first-order valence-corrected chi connectivity index (χ1v) is 7.93. The lowest BCUT2D eigenvalue weighted by Crippen LogP contribution is -2.14. The van der Waals surface area contributed by atoms with Gasteiger partial charge < -0.3 is 15.8 Å². The van der Waals surface area contributed by atoms with Gasteiger partial charge in [-0.3, -0.25) is 9.78 Å². The van der Waals surface area contributed by atoms with Crippen LogP contribution in [0.5, 0.6) is 11.5 Å². The van der Waals surface area contributed by atoms with Crippen molar-refractivity contribution in [3.8, 4) is 11.5 Å². The van der Waals surface area contributed by atoms with Crippen LogP contribution in [-0.4, -0.2) is 26.7 Å². The summed E-state index contributed by atoms with van der Waals surface area (Å²) in [5.74, 6) is -1.10. The maximum absolute atomic E-state index is 13.3. The average molecular weight is 386 g/mol. The molecule has 28 heavy (non-hydrogen) atoms. The van der Waals surface area contributed by atoms with Crippen LogP contribution in [0.2, 0.25) is 0 Å². The molecule has 3 heterocycles. The summed E-state index contributed by atoms with van der Waals surface area (Å²) in [6, 6.07) is 4.95. The first-order chi connectivity index (χ1) is 13.4. The van der Waals surface area contributed by atoms with Gasteiger partial charge in [0.25, 0.3) is 5.91 Å². The molecule has 3 aromatic rings. The molecule has 0 saturated heterocycles. The Morgan fingerprint density at radius 2 is 1.89 bits per heavy atom. The second kappa shape index (κ2) is 8.16. The van der Waals surface area contributed by atoms with Gasteiger partial charge in [-0.25, -0.2) is 23.7 Å². The van der Waals surface area contributed by atoms with Crippen LogP contribution in [0.3, 0.4) is 0 Å². The fourth-order valence-electron chi connectivity index (χ4n) is 2.14. The molecule has 1 amide bonds. The number of aromatic nitrogens is 3. The minimum atomic E-state index is -0.616. The monoisotopic (exact) mass is 386 g/mol. The van der Waals surface area contributed by atoms with Crippen molar-refractivity contribution in [2.24, 2.45) is 10.7 Å². The molecule has 0 spiro atoms. The molecule has 0 atom stereocenters. The Kier molecular flexibility index (Phi) is 5.49. The molecule has 8 nitrogen and oxygen atoms in total. The van der Waals surface area contributed by atoms with Gasteiger partial charge in [-0.2, -0.15) is 0 Å². The third-order valence-corrected chi connectivity index (χ3v) is 3.25. The second-order valence-corrected chi connectivity index (χ2v) is 5.55. The van der Waals surface area contributed by atoms with Gasteiger partial charge in [-0.1, -0.05) is 0 Å². The molecule has 0 aliphatic rings. The van der Waals surface area contributed by atoms with E-state index in [1.54, 1.807) is 0 Å². The SMILES string of the molecule is C/C(N)=N/c1ncc(Oc2cncc(F)c2)cc1C(=O)Nc1ccc(F)cn1.[HH]. The van der Waals surface area contributed by atoms with Crippen molar-refractivity contribution in [2.45, 2.75) is 6.92 Å². The van der Waals surface area contributed by atoms with Crippen LogP contribution >= 0.6 is 0 Å². The molecule has 0 aliphatic heterocycles. The van der Waals surface area contributed by atoms with Gasteiger partial charge in [0.05, 0.1) is 36.2 Å². The Hall–Kier alpha value is -3.95. The fraction of sp³-hybridized carbons (Fsp3) is 0.0556. The van der Waals surface area contributed by atoms with E-state index in [1.807, 2.05) is 0 Å². The van der Waals surface area contributed by atoms with Crippen molar-refractivity contribution in [3.05, 3.63) is 66.3 Å². The summed E-state index contributed by atoms with van der Waals surface area (Å²) in [6.45, 7) is 1.54. The summed E-state index contributed by atoms with van der Waals surface area (Å²) in [4.78, 5) is 28.2. The highest BCUT2D eigenvalue weighted by Gasteiger charge is 2.16. The molecule has 0 radical (unpaired) electrons. The standard InChI is InChI=1S/C18H14F2N6O2.H2/c1-10(21)25-17-15(18(27)26-16-3-2-11(19)7-23-16)5-14(9-24-17)28-13-4-12(20)6-22-8-13;/h2-9H,1H3,(H2,21,24,25)(H,23,26,27);1H. The largest absolute Gasteiger partial charge is 0.454 e. The Labute approximate surface area is 159 Å². The Morgan fingerprint density at radius 3 is 2.57 bits per heavy atom. The van der Waals surface area contributed by atoms with Gasteiger partial charge in [0.2, 0.25) is 0 Å². The summed E-state index contributed by atoms with van der Waals surface area (Å²) < 4.78 is 31.7. The lowest BCUT2D eigenvalue weighted by molar-refractivity contribution is 0.102. The van der Waals surface area contributed by atoms with E-state index in [2.05, 4.69) is 25.3 Å². The van der Waals surface area contributed by atoms with Crippen LogP contribution in [0.15, 0.2) is 54.0 Å². The third kappa shape index (κ3) is 4.81. The minimum absolute atomic E-state index is 0. The van der Waals surface area contributed by atoms with Crippen LogP contribution in [-0.2, 0) is 0 Å². The van der Waals surface area contributed by atoms with Crippen molar-refractivity contribution >= 4 is 23.4 Å². The summed E-state index contributed by atoms with van der Waals surface area (Å²) in [6.07, 6.45) is 4.61. The zero-order valence-corrected chi connectivity index (χ0v) is 14.6. The van der Waals surface area contributed by atoms with Crippen LogP contribution in [0.25, 0.3) is 0 Å². The summed E-state index contributed by atoms with van der Waals surface area (Å²) >= 11 is 0. The van der Waals surface area contributed by atoms with E-state index < -0.39 is 17.5 Å². The van der Waals surface area contributed by atoms with Gasteiger partial charge >= 0.3 is 0 Å². The van der Waals surface area contributed by atoms with Crippen molar-refractivity contribution < 1.29 is 19.7 Å². The van der Waals surface area contributed by atoms with Crippen molar-refractivity contribution in [1.82, 2.24) is 15.0 Å². The molecule has 3 aromatic heterocycles. The number of nitrogens with one attached hydrogen (secondary N) is 1. The van der Waals surface area contributed by atoms with E-state index in [0.29, 0.717) is 0 Å². The van der Waals surface area contributed by atoms with E-state index in [4.69, 9.17) is 10.5 Å². The number of halogens is 2. The normalized spacial score (nSPS) is 11.2. The van der Waals surface area contributed by atoms with Crippen molar-refractivity contribution in [2.75, 3.05) is 5.32 Å². The van der Waals surface area contributed by atoms with Crippen molar-refractivity contribution in [1.29, 1.82) is 0 Å². The molecular formula is C18H16F2N6O2. The number of carbonyl (C=O) groups excluding carboxylic acids is 1. The minimum Gasteiger partial charge on any atom is -0.454 e. The Balaban J connectivity index is 0.00000300. The number of nitrogens with two attached hydrogens (primary N) is 1. The highest BCUT2D eigenvalue weighted by molar-refractivity contribution is 6.07. The smallest absolute Gasteiger partial charge is 0.260 e. The Morgan fingerprint density at radius 1 is 1.11 bits per heavy atom. The number of hydrogen-bond donors (Lipinski definition) is 2. The van der Waals surface area contributed by atoms with Crippen LogP contribution < -0.4 is 15.8 Å². The zero-order valence-electron chi connectivity index (χ0n) is 14.6. The number of nitrogens with zero attached hydrogens (tertiary/aromatic N) is 4. The maximum atomic E-state index is 13.3. The molecule has 0 fully saturated rings. The molecule has 0 bridgehead atoms. The highest BCUT2D eigenvalue weighted by Crippen LogP contribution is 2.26. The van der Waals surface area contributed by atoms with E-state index in [9.17, 15) is 13.6 Å². The summed E-state index contributed by atoms with van der Waals surface area (Å²) in [5.41, 5.74) is 5.61. The topological polar surface area (TPSA) is 115 Å². The zero-order chi connectivity index (χ0) is 20.1. The van der Waals surface area contributed by atoms with Gasteiger partial charge in [0.15, 0.2) is 5.82 Å². The number of aliphatic imine (C=N–C) groups is 1. The van der Waals surface area contributed by atoms with E-state index in [1.165, 1.54) is 31.5 Å².